The third kappa shape index (κ3) is 2.82. The van der Waals surface area contributed by atoms with Crippen molar-refractivity contribution in [2.75, 3.05) is 11.9 Å². The van der Waals surface area contributed by atoms with Crippen LogP contribution < -0.4 is 5.32 Å². The van der Waals surface area contributed by atoms with Crippen molar-refractivity contribution in [1.82, 2.24) is 24.5 Å². The van der Waals surface area contributed by atoms with Gasteiger partial charge < -0.3 is 10.1 Å². The first-order chi connectivity index (χ1) is 13.6. The number of fused-ring (bicyclic) bond motifs is 2. The molecular weight excluding hydrogens is 376 g/mol. The second-order valence-electron chi connectivity index (χ2n) is 7.22. The van der Waals surface area contributed by atoms with Crippen molar-refractivity contribution in [1.29, 1.82) is 0 Å². The molecule has 1 N–H and O–H groups in total. The molecular formula is C20H21ClN6O. The van der Waals surface area contributed by atoms with Crippen LogP contribution in [0.1, 0.15) is 31.1 Å². The van der Waals surface area contributed by atoms with E-state index >= 15 is 0 Å². The van der Waals surface area contributed by atoms with Crippen LogP contribution in [0.15, 0.2) is 30.6 Å². The zero-order valence-electron chi connectivity index (χ0n) is 15.8. The maximum absolute atomic E-state index is 6.04. The number of hydrogen-bond acceptors (Lipinski definition) is 5. The first kappa shape index (κ1) is 17.5. The van der Waals surface area contributed by atoms with Crippen molar-refractivity contribution < 1.29 is 4.74 Å². The van der Waals surface area contributed by atoms with Crippen LogP contribution in [0.2, 0.25) is 5.15 Å². The monoisotopic (exact) mass is 396 g/mol. The molecule has 144 valence electrons. The highest BCUT2D eigenvalue weighted by Crippen LogP contribution is 2.34. The normalized spacial score (nSPS) is 17.5. The van der Waals surface area contributed by atoms with E-state index in [0.717, 1.165) is 58.3 Å². The summed E-state index contributed by atoms with van der Waals surface area (Å²) in [5.74, 6) is 0.749. The van der Waals surface area contributed by atoms with E-state index in [-0.39, 0.29) is 6.23 Å². The molecule has 7 nitrogen and oxygen atoms in total. The van der Waals surface area contributed by atoms with Crippen molar-refractivity contribution in [2.45, 2.75) is 32.4 Å². The summed E-state index contributed by atoms with van der Waals surface area (Å²) >= 11 is 6.04. The average Bonchev–Trinajstić information content (AvgIpc) is 3.26. The van der Waals surface area contributed by atoms with E-state index in [1.54, 1.807) is 10.9 Å². The Labute approximate surface area is 167 Å². The number of pyridine rings is 1. The molecule has 0 aliphatic carbocycles. The van der Waals surface area contributed by atoms with Gasteiger partial charge in [0.05, 0.1) is 28.3 Å². The molecule has 1 unspecified atom stereocenters. The van der Waals surface area contributed by atoms with Gasteiger partial charge in [-0.15, -0.1) is 0 Å². The molecule has 0 bridgehead atoms. The summed E-state index contributed by atoms with van der Waals surface area (Å²) in [5, 5.41) is 15.2. The summed E-state index contributed by atoms with van der Waals surface area (Å²) in [7, 11) is 1.90. The van der Waals surface area contributed by atoms with Crippen LogP contribution in [0.25, 0.3) is 21.8 Å². The fourth-order valence-corrected chi connectivity index (χ4v) is 4.03. The fourth-order valence-electron chi connectivity index (χ4n) is 3.88. The van der Waals surface area contributed by atoms with E-state index in [2.05, 4.69) is 39.6 Å². The predicted molar refractivity (Wildman–Crippen MR) is 110 cm³/mol. The smallest absolute Gasteiger partial charge is 0.161 e. The summed E-state index contributed by atoms with van der Waals surface area (Å²) in [5.41, 5.74) is 4.10. The van der Waals surface area contributed by atoms with Gasteiger partial charge in [0.1, 0.15) is 5.15 Å². The van der Waals surface area contributed by atoms with Crippen molar-refractivity contribution in [3.63, 3.8) is 0 Å². The zero-order valence-corrected chi connectivity index (χ0v) is 16.6. The first-order valence-corrected chi connectivity index (χ1v) is 9.83. The molecule has 3 aromatic heterocycles. The molecule has 28 heavy (non-hydrogen) atoms. The lowest BCUT2D eigenvalue weighted by molar-refractivity contribution is -0.0366. The maximum Gasteiger partial charge on any atom is 0.161 e. The van der Waals surface area contributed by atoms with Gasteiger partial charge in [-0.1, -0.05) is 17.7 Å². The van der Waals surface area contributed by atoms with Gasteiger partial charge in [0.15, 0.2) is 12.0 Å². The van der Waals surface area contributed by atoms with E-state index in [1.807, 2.05) is 24.0 Å². The van der Waals surface area contributed by atoms with Crippen molar-refractivity contribution in [3.8, 4) is 0 Å². The lowest BCUT2D eigenvalue weighted by Crippen LogP contribution is -2.18. The molecule has 1 fully saturated rings. The van der Waals surface area contributed by atoms with Crippen molar-refractivity contribution >= 4 is 44.9 Å². The minimum Gasteiger partial charge on any atom is -0.356 e. The van der Waals surface area contributed by atoms with Crippen LogP contribution in [-0.2, 0) is 11.8 Å². The lowest BCUT2D eigenvalue weighted by Gasteiger charge is -2.23. The number of aryl methyl sites for hydroxylation is 2. The number of nitrogens with one attached hydrogen (secondary N) is 1. The Hall–Kier alpha value is -2.64. The van der Waals surface area contributed by atoms with E-state index in [1.165, 1.54) is 6.42 Å². The fraction of sp³-hybridized carbons (Fsp3) is 0.350. The number of rotatable bonds is 3. The standard InChI is InChI=1S/C20H21ClN6O/c1-12-6-7-15-13(11-23-27(15)18-5-3-4-8-28-18)19(12)24-20-14-10-22-17(21)9-16(14)26(2)25-20/h6-7,9-11,18H,3-5,8H2,1-2H3,(H,24,25). The maximum atomic E-state index is 6.04. The highest BCUT2D eigenvalue weighted by Gasteiger charge is 2.20. The number of benzene rings is 1. The van der Waals surface area contributed by atoms with Crippen LogP contribution >= 0.6 is 11.6 Å². The molecule has 0 saturated carbocycles. The number of anilines is 2. The largest absolute Gasteiger partial charge is 0.356 e. The summed E-state index contributed by atoms with van der Waals surface area (Å²) in [6.07, 6.45) is 6.93. The molecule has 1 aliphatic heterocycles. The van der Waals surface area contributed by atoms with Crippen LogP contribution in [0, 0.1) is 6.92 Å². The summed E-state index contributed by atoms with van der Waals surface area (Å²) in [6, 6.07) is 6.03. The zero-order chi connectivity index (χ0) is 19.3. The summed E-state index contributed by atoms with van der Waals surface area (Å²) < 4.78 is 9.74. The first-order valence-electron chi connectivity index (χ1n) is 9.45. The van der Waals surface area contributed by atoms with Gasteiger partial charge in [-0.25, -0.2) is 9.67 Å². The molecule has 1 saturated heterocycles. The van der Waals surface area contributed by atoms with Crippen LogP contribution in [-0.4, -0.2) is 31.2 Å². The Morgan fingerprint density at radius 2 is 2.07 bits per heavy atom. The van der Waals surface area contributed by atoms with Gasteiger partial charge in [-0.05, 0) is 37.8 Å². The number of aromatic nitrogens is 5. The van der Waals surface area contributed by atoms with Gasteiger partial charge in [0.2, 0.25) is 0 Å². The number of halogens is 1. The van der Waals surface area contributed by atoms with E-state index in [4.69, 9.17) is 16.3 Å². The third-order valence-electron chi connectivity index (χ3n) is 5.36. The second kappa shape index (κ2) is 6.76. The Kier molecular flexibility index (Phi) is 4.21. The van der Waals surface area contributed by atoms with E-state index < -0.39 is 0 Å². The van der Waals surface area contributed by atoms with Gasteiger partial charge in [-0.2, -0.15) is 10.2 Å². The summed E-state index contributed by atoms with van der Waals surface area (Å²) in [4.78, 5) is 4.21. The van der Waals surface area contributed by atoms with Crippen LogP contribution in [0.3, 0.4) is 0 Å². The lowest BCUT2D eigenvalue weighted by atomic mass is 10.1. The van der Waals surface area contributed by atoms with Gasteiger partial charge in [0.25, 0.3) is 0 Å². The average molecular weight is 397 g/mol. The van der Waals surface area contributed by atoms with Crippen LogP contribution in [0.4, 0.5) is 11.5 Å². The Balaban J connectivity index is 1.59. The molecule has 1 atom stereocenters. The molecule has 1 aliphatic rings. The van der Waals surface area contributed by atoms with E-state index in [9.17, 15) is 0 Å². The predicted octanol–water partition coefficient (Wildman–Crippen LogP) is 4.72. The van der Waals surface area contributed by atoms with Gasteiger partial charge in [-0.3, -0.25) is 4.68 Å². The molecule has 0 spiro atoms. The van der Waals surface area contributed by atoms with Crippen LogP contribution in [0.5, 0.6) is 0 Å². The number of ether oxygens (including phenoxy) is 1. The van der Waals surface area contributed by atoms with Gasteiger partial charge in [0, 0.05) is 31.3 Å². The third-order valence-corrected chi connectivity index (χ3v) is 5.57. The topological polar surface area (TPSA) is 69.8 Å². The minimum atomic E-state index is 0.00354. The van der Waals surface area contributed by atoms with Gasteiger partial charge >= 0.3 is 0 Å². The highest BCUT2D eigenvalue weighted by molar-refractivity contribution is 6.30. The Bertz CT molecular complexity index is 1170. The molecule has 4 aromatic rings. The highest BCUT2D eigenvalue weighted by atomic mass is 35.5. The molecule has 8 heteroatoms. The minimum absolute atomic E-state index is 0.00354. The Morgan fingerprint density at radius 1 is 1.18 bits per heavy atom. The second-order valence-corrected chi connectivity index (χ2v) is 7.61. The van der Waals surface area contributed by atoms with E-state index in [0.29, 0.717) is 5.15 Å². The SMILES string of the molecule is Cc1ccc2c(cnn2C2CCCCO2)c1Nc1nn(C)c2cc(Cl)ncc12. The Morgan fingerprint density at radius 3 is 2.89 bits per heavy atom. The molecule has 5 rings (SSSR count). The summed E-state index contributed by atoms with van der Waals surface area (Å²) in [6.45, 7) is 2.87. The molecule has 0 radical (unpaired) electrons. The molecule has 0 amide bonds. The molecule has 1 aromatic carbocycles. The number of nitrogens with zero attached hydrogens (tertiary/aromatic N) is 5. The number of hydrogen-bond donors (Lipinski definition) is 1. The quantitative estimate of drug-likeness (QED) is 0.507. The molecule has 4 heterocycles. The van der Waals surface area contributed by atoms with Crippen molar-refractivity contribution in [3.05, 3.63) is 41.3 Å². The van der Waals surface area contributed by atoms with Crippen molar-refractivity contribution in [2.24, 2.45) is 7.05 Å².